The highest BCUT2D eigenvalue weighted by Crippen LogP contribution is 1.40. The average molecular weight is 247 g/mol. The van der Waals surface area contributed by atoms with Crippen LogP contribution in [0.1, 0.15) is 0 Å². The molecule has 1 unspecified atom stereocenters. The molecule has 0 aromatic carbocycles. The van der Waals surface area contributed by atoms with Crippen LogP contribution in [0.3, 0.4) is 0 Å². The van der Waals surface area contributed by atoms with Gasteiger partial charge < -0.3 is 42.1 Å². The van der Waals surface area contributed by atoms with Crippen molar-refractivity contribution in [1.82, 2.24) is 0 Å². The first-order valence-corrected chi connectivity index (χ1v) is 3.40. The van der Waals surface area contributed by atoms with E-state index in [4.69, 9.17) is 28.6 Å². The van der Waals surface area contributed by atoms with E-state index in [1.54, 1.807) is 0 Å². The molecule has 86 valence electrons. The fraction of sp³-hybridized carbons (Fsp3) is 0.500. The number of halogens is 2. The van der Waals surface area contributed by atoms with Crippen LogP contribution in [-0.2, 0) is 0 Å². The largest absolute Gasteiger partial charge is 1.00 e. The second-order valence-electron chi connectivity index (χ2n) is 2.24. The molecule has 14 heavy (non-hydrogen) atoms. The zero-order chi connectivity index (χ0) is 9.56. The maximum absolute atomic E-state index is 6.88. The molecule has 0 rings (SSSR count). The van der Waals surface area contributed by atoms with Crippen LogP contribution in [0.15, 0.2) is 5.10 Å². The molecule has 12 N–H and O–H groups in total. The Kier molecular flexibility index (Phi) is 13.9. The second kappa shape index (κ2) is 10.3. The highest BCUT2D eigenvalue weighted by Gasteiger charge is 2.09. The Bertz CT molecular complexity index is 182. The van der Waals surface area contributed by atoms with E-state index in [0.717, 1.165) is 0 Å². The van der Waals surface area contributed by atoms with Gasteiger partial charge in [0.1, 0.15) is 6.54 Å². The first kappa shape index (κ1) is 18.9. The van der Waals surface area contributed by atoms with Gasteiger partial charge in [0, 0.05) is 0 Å². The third kappa shape index (κ3) is 9.29. The molecule has 0 aliphatic rings. The quantitative estimate of drug-likeness (QED) is 0.114. The lowest BCUT2D eigenvalue weighted by atomic mass is 10.6. The average Bonchev–Trinajstić information content (AvgIpc) is 2.02. The van der Waals surface area contributed by atoms with Crippen LogP contribution >= 0.6 is 0 Å². The van der Waals surface area contributed by atoms with E-state index in [0.29, 0.717) is 18.1 Å². The number of nitrogens with zero attached hydrogens (tertiary/aromatic N) is 1. The van der Waals surface area contributed by atoms with E-state index >= 15 is 0 Å². The summed E-state index contributed by atoms with van der Waals surface area (Å²) in [7, 11) is 0. The van der Waals surface area contributed by atoms with Crippen molar-refractivity contribution in [2.24, 2.45) is 28.3 Å². The maximum Gasteiger partial charge on any atom is 0.334 e. The fourth-order valence-electron chi connectivity index (χ4n) is 0.594. The lowest BCUT2D eigenvalue weighted by Gasteiger charge is -2.07. The molecule has 0 saturated carbocycles. The van der Waals surface area contributed by atoms with Crippen LogP contribution in [0.2, 0.25) is 0 Å². The summed E-state index contributed by atoms with van der Waals surface area (Å²) < 4.78 is 0. The first-order chi connectivity index (χ1) is 5.57. The van der Waals surface area contributed by atoms with Gasteiger partial charge in [-0.25, -0.2) is 5.41 Å². The zero-order valence-corrected chi connectivity index (χ0v) is 9.02. The molecule has 0 heterocycles. The van der Waals surface area contributed by atoms with Gasteiger partial charge in [-0.05, 0) is 0 Å². The second-order valence-corrected chi connectivity index (χ2v) is 2.24. The minimum Gasteiger partial charge on any atom is -1.00 e. The number of guanidine groups is 2. The SMILES string of the molecule is N=C(N)[NH2+]CC[NH+](N)C(N)=NN.[Cl-].[Cl-]. The predicted octanol–water partition coefficient (Wildman–Crippen LogP) is -11.6. The van der Waals surface area contributed by atoms with Crippen molar-refractivity contribution in [2.75, 3.05) is 13.1 Å². The van der Waals surface area contributed by atoms with Gasteiger partial charge in [0.15, 0.2) is 6.54 Å². The van der Waals surface area contributed by atoms with Crippen LogP contribution in [0.5, 0.6) is 0 Å². The minimum atomic E-state index is 0. The molecule has 0 aliphatic carbocycles. The van der Waals surface area contributed by atoms with Crippen LogP contribution < -0.4 is 58.3 Å². The molecule has 0 saturated heterocycles. The number of nitrogens with one attached hydrogen (secondary N) is 2. The van der Waals surface area contributed by atoms with Crippen molar-refractivity contribution in [3.63, 3.8) is 0 Å². The van der Waals surface area contributed by atoms with Gasteiger partial charge >= 0.3 is 5.96 Å². The van der Waals surface area contributed by atoms with Gasteiger partial charge in [0.25, 0.3) is 5.96 Å². The van der Waals surface area contributed by atoms with E-state index in [1.807, 2.05) is 0 Å². The molecule has 0 aromatic rings. The molecule has 0 aliphatic heterocycles. The molecular formula is C4H16Cl2N8. The molecule has 0 amide bonds. The summed E-state index contributed by atoms with van der Waals surface area (Å²) in [5.74, 6) is 10.5. The van der Waals surface area contributed by atoms with Crippen LogP contribution in [-0.4, -0.2) is 25.0 Å². The predicted molar refractivity (Wildman–Crippen MR) is 44.5 cm³/mol. The Hall–Kier alpha value is -0.800. The van der Waals surface area contributed by atoms with Crippen molar-refractivity contribution in [3.05, 3.63) is 0 Å². The third-order valence-corrected chi connectivity index (χ3v) is 1.25. The number of hydrogen-bond acceptors (Lipinski definition) is 4. The molecule has 0 spiro atoms. The fourth-order valence-corrected chi connectivity index (χ4v) is 0.594. The van der Waals surface area contributed by atoms with Crippen LogP contribution in [0.25, 0.3) is 0 Å². The standard InChI is InChI=1S/C4H14N8.2ClH/c5-3(6)10-1-2-12(9)4(7)11-8;;/h1-2,8-9H2,(H2,7,11)(H4,5,6,10);2*1H. The van der Waals surface area contributed by atoms with Gasteiger partial charge in [-0.2, -0.15) is 10.9 Å². The summed E-state index contributed by atoms with van der Waals surface area (Å²) in [6.07, 6.45) is 0. The van der Waals surface area contributed by atoms with Crippen LogP contribution in [0.4, 0.5) is 0 Å². The molecular weight excluding hydrogens is 231 g/mol. The lowest BCUT2D eigenvalue weighted by Crippen LogP contribution is -3.23. The van der Waals surface area contributed by atoms with E-state index in [-0.39, 0.29) is 36.7 Å². The molecule has 0 fully saturated rings. The molecule has 0 radical (unpaired) electrons. The van der Waals surface area contributed by atoms with Crippen molar-refractivity contribution in [1.29, 1.82) is 5.41 Å². The summed E-state index contributed by atoms with van der Waals surface area (Å²) in [5.41, 5.74) is 10.4. The van der Waals surface area contributed by atoms with Crippen molar-refractivity contribution in [3.8, 4) is 0 Å². The highest BCUT2D eigenvalue weighted by atomic mass is 35.5. The molecule has 8 nitrogen and oxygen atoms in total. The smallest absolute Gasteiger partial charge is 0.334 e. The van der Waals surface area contributed by atoms with Gasteiger partial charge in [-0.15, -0.1) is 5.10 Å². The summed E-state index contributed by atoms with van der Waals surface area (Å²) in [6, 6.07) is 0. The zero-order valence-electron chi connectivity index (χ0n) is 7.50. The normalized spacial score (nSPS) is 12.2. The van der Waals surface area contributed by atoms with Crippen molar-refractivity contribution >= 4 is 11.9 Å². The topological polar surface area (TPSA) is 161 Å². The Balaban J connectivity index is -0.000000605. The van der Waals surface area contributed by atoms with Crippen molar-refractivity contribution in [2.45, 2.75) is 0 Å². The highest BCUT2D eigenvalue weighted by molar-refractivity contribution is 5.67. The number of quaternary nitrogens is 2. The van der Waals surface area contributed by atoms with E-state index in [1.165, 1.54) is 5.32 Å². The minimum absolute atomic E-state index is 0. The van der Waals surface area contributed by atoms with E-state index < -0.39 is 0 Å². The number of hydrogen-bond donors (Lipinski definition) is 7. The Labute approximate surface area is 94.3 Å². The van der Waals surface area contributed by atoms with Gasteiger partial charge in [-0.1, -0.05) is 0 Å². The molecule has 1 atom stereocenters. The third-order valence-electron chi connectivity index (χ3n) is 1.25. The molecule has 0 bridgehead atoms. The van der Waals surface area contributed by atoms with E-state index in [9.17, 15) is 0 Å². The first-order valence-electron chi connectivity index (χ1n) is 3.40. The summed E-state index contributed by atoms with van der Waals surface area (Å²) in [6.45, 7) is 1.07. The summed E-state index contributed by atoms with van der Waals surface area (Å²) in [5, 5.41) is 12.0. The number of nitrogens with two attached hydrogens (primary N) is 5. The summed E-state index contributed by atoms with van der Waals surface area (Å²) in [4.78, 5) is 0. The summed E-state index contributed by atoms with van der Waals surface area (Å²) >= 11 is 0. The van der Waals surface area contributed by atoms with Gasteiger partial charge in [0.05, 0.1) is 0 Å². The monoisotopic (exact) mass is 246 g/mol. The number of hydrazone groups is 1. The maximum atomic E-state index is 6.88. The van der Waals surface area contributed by atoms with Gasteiger partial charge in [0.2, 0.25) is 0 Å². The van der Waals surface area contributed by atoms with Crippen molar-refractivity contribution < 1.29 is 35.1 Å². The molecule has 0 aromatic heterocycles. The Morgan fingerprint density at radius 2 is 1.86 bits per heavy atom. The van der Waals surface area contributed by atoms with Gasteiger partial charge in [-0.3, -0.25) is 5.32 Å². The number of rotatable bonds is 3. The van der Waals surface area contributed by atoms with E-state index in [2.05, 4.69) is 5.10 Å². The molecule has 10 heteroatoms. The van der Waals surface area contributed by atoms with Crippen LogP contribution in [0, 0.1) is 5.41 Å². The Morgan fingerprint density at radius 1 is 1.36 bits per heavy atom. The Morgan fingerprint density at radius 3 is 2.21 bits per heavy atom. The lowest BCUT2D eigenvalue weighted by molar-refractivity contribution is -0.833.